The Labute approximate surface area is 224 Å². The lowest BCUT2D eigenvalue weighted by Gasteiger charge is -2.33. The quantitative estimate of drug-likeness (QED) is 0.238. The molecule has 3 aromatic heterocycles. The Bertz CT molecular complexity index is 2220. The van der Waals surface area contributed by atoms with Gasteiger partial charge in [0.1, 0.15) is 0 Å². The first-order valence-corrected chi connectivity index (χ1v) is 13.2. The highest BCUT2D eigenvalue weighted by atomic mass is 15.2. The van der Waals surface area contributed by atoms with Gasteiger partial charge in [-0.2, -0.15) is 0 Å². The van der Waals surface area contributed by atoms with Crippen LogP contribution in [0.4, 0.5) is 17.1 Å². The fourth-order valence-corrected chi connectivity index (χ4v) is 6.60. The summed E-state index contributed by atoms with van der Waals surface area (Å²) in [6, 6.07) is 43.6. The number of hydrogen-bond donors (Lipinski definition) is 0. The molecular formula is C35H22N4. The molecule has 0 N–H and O–H groups in total. The van der Waals surface area contributed by atoms with Gasteiger partial charge in [-0.1, -0.05) is 66.7 Å². The molecule has 0 aliphatic carbocycles. The van der Waals surface area contributed by atoms with Gasteiger partial charge in [-0.25, -0.2) is 0 Å². The molecule has 0 fully saturated rings. The molecule has 4 heteroatoms. The smallest absolute Gasteiger partial charge is 0.0783 e. The molecule has 0 atom stereocenters. The van der Waals surface area contributed by atoms with Crippen LogP contribution in [-0.4, -0.2) is 14.1 Å². The summed E-state index contributed by atoms with van der Waals surface area (Å²) in [4.78, 5) is 6.84. The number of aromatic nitrogens is 3. The number of hydrogen-bond acceptors (Lipinski definition) is 2. The van der Waals surface area contributed by atoms with Gasteiger partial charge in [0.25, 0.3) is 0 Å². The van der Waals surface area contributed by atoms with Crippen LogP contribution in [0.2, 0.25) is 0 Å². The third-order valence-electron chi connectivity index (χ3n) is 8.09. The highest BCUT2D eigenvalue weighted by Crippen LogP contribution is 2.51. The molecule has 8 aromatic rings. The first kappa shape index (κ1) is 20.7. The fraction of sp³-hybridized carbons (Fsp3) is 0. The van der Waals surface area contributed by atoms with Gasteiger partial charge in [-0.15, -0.1) is 0 Å². The molecule has 0 amide bonds. The molecule has 39 heavy (non-hydrogen) atoms. The third kappa shape index (κ3) is 2.65. The summed E-state index contributed by atoms with van der Waals surface area (Å²) in [7, 11) is 0. The van der Waals surface area contributed by atoms with Gasteiger partial charge in [0.05, 0.1) is 51.0 Å². The number of pyridine rings is 1. The Morgan fingerprint density at radius 2 is 1.15 bits per heavy atom. The molecule has 5 aromatic carbocycles. The molecule has 9 rings (SSSR count). The van der Waals surface area contributed by atoms with Crippen LogP contribution in [0.25, 0.3) is 55.0 Å². The van der Waals surface area contributed by atoms with Crippen molar-refractivity contribution >= 4 is 60.7 Å². The van der Waals surface area contributed by atoms with E-state index in [4.69, 9.17) is 0 Å². The fourth-order valence-electron chi connectivity index (χ4n) is 6.60. The van der Waals surface area contributed by atoms with E-state index in [9.17, 15) is 0 Å². The predicted molar refractivity (Wildman–Crippen MR) is 161 cm³/mol. The van der Waals surface area contributed by atoms with Crippen LogP contribution in [0.15, 0.2) is 134 Å². The van der Waals surface area contributed by atoms with E-state index >= 15 is 0 Å². The number of para-hydroxylation sites is 5. The summed E-state index contributed by atoms with van der Waals surface area (Å²) in [6.45, 7) is 0. The Balaban J connectivity index is 1.52. The van der Waals surface area contributed by atoms with Crippen molar-refractivity contribution in [3.8, 4) is 11.4 Å². The van der Waals surface area contributed by atoms with Crippen molar-refractivity contribution in [2.24, 2.45) is 0 Å². The zero-order valence-corrected chi connectivity index (χ0v) is 21.0. The van der Waals surface area contributed by atoms with Gasteiger partial charge in [0, 0.05) is 33.4 Å². The van der Waals surface area contributed by atoms with Gasteiger partial charge in [0.15, 0.2) is 0 Å². The van der Waals surface area contributed by atoms with E-state index in [2.05, 4.69) is 134 Å². The summed E-state index contributed by atoms with van der Waals surface area (Å²) in [5.74, 6) is 0. The molecular weight excluding hydrogens is 476 g/mol. The Kier molecular flexibility index (Phi) is 4.02. The normalized spacial score (nSPS) is 12.6. The average Bonchev–Trinajstić information content (AvgIpc) is 3.52. The third-order valence-corrected chi connectivity index (χ3v) is 8.09. The number of nitrogens with zero attached hydrogens (tertiary/aromatic N) is 4. The van der Waals surface area contributed by atoms with Crippen molar-refractivity contribution in [3.05, 3.63) is 134 Å². The van der Waals surface area contributed by atoms with Crippen LogP contribution >= 0.6 is 0 Å². The van der Waals surface area contributed by atoms with Crippen molar-refractivity contribution in [1.29, 1.82) is 0 Å². The second kappa shape index (κ2) is 7.59. The van der Waals surface area contributed by atoms with Gasteiger partial charge in [-0.05, 0) is 54.6 Å². The van der Waals surface area contributed by atoms with Crippen molar-refractivity contribution in [2.45, 2.75) is 0 Å². The Morgan fingerprint density at radius 1 is 0.436 bits per heavy atom. The topological polar surface area (TPSA) is 26.0 Å². The lowest BCUT2D eigenvalue weighted by atomic mass is 10.1. The predicted octanol–water partition coefficient (Wildman–Crippen LogP) is 9.06. The zero-order chi connectivity index (χ0) is 25.5. The second-order valence-electron chi connectivity index (χ2n) is 10.1. The van der Waals surface area contributed by atoms with Crippen LogP contribution in [0.1, 0.15) is 0 Å². The highest BCUT2D eigenvalue weighted by molar-refractivity contribution is 6.28. The maximum atomic E-state index is 4.44. The van der Waals surface area contributed by atoms with Crippen LogP contribution in [0, 0.1) is 0 Å². The molecule has 1 aliphatic heterocycles. The molecule has 0 bridgehead atoms. The maximum Gasteiger partial charge on any atom is 0.0783 e. The lowest BCUT2D eigenvalue weighted by molar-refractivity contribution is 1.11. The van der Waals surface area contributed by atoms with E-state index in [0.717, 1.165) is 11.4 Å². The van der Waals surface area contributed by atoms with Gasteiger partial charge < -0.3 is 14.0 Å². The largest absolute Gasteiger partial charge is 0.308 e. The van der Waals surface area contributed by atoms with E-state index in [0.29, 0.717) is 0 Å². The number of rotatable bonds is 2. The van der Waals surface area contributed by atoms with Crippen LogP contribution < -0.4 is 4.90 Å². The summed E-state index contributed by atoms with van der Waals surface area (Å²) in [5, 5.41) is 5.03. The molecule has 0 saturated carbocycles. The Morgan fingerprint density at radius 3 is 2.03 bits per heavy atom. The number of fused-ring (bicyclic) bond motifs is 9. The van der Waals surface area contributed by atoms with Crippen LogP contribution in [0.5, 0.6) is 0 Å². The molecule has 182 valence electrons. The summed E-state index contributed by atoms with van der Waals surface area (Å²) in [6.07, 6.45) is 3.77. The molecule has 0 spiro atoms. The molecule has 0 saturated heterocycles. The minimum absolute atomic E-state index is 1.06. The molecule has 0 unspecified atom stereocenters. The first-order chi connectivity index (χ1) is 19.4. The van der Waals surface area contributed by atoms with E-state index in [1.165, 1.54) is 60.7 Å². The lowest BCUT2D eigenvalue weighted by Crippen LogP contribution is -2.17. The first-order valence-electron chi connectivity index (χ1n) is 13.2. The SMILES string of the molecule is c1ccc(N2c3ccccc3-n3c4c2cccc4c2ccc4c(c5ccccc5n4-c4cccnc4)c23)cc1. The standard InChI is InChI=1S/C35H22N4/c1-2-10-23(11-3-1)37-29-16-6-7-17-30(29)39-34-25(14-8-18-32(34)37)26-19-20-31-33(35(26)39)27-13-4-5-15-28(27)38(31)24-12-9-21-36-22-24/h1-22H. The van der Waals surface area contributed by atoms with E-state index in [1.807, 2.05) is 18.5 Å². The maximum absolute atomic E-state index is 4.44. The monoisotopic (exact) mass is 498 g/mol. The van der Waals surface area contributed by atoms with Gasteiger partial charge >= 0.3 is 0 Å². The summed E-state index contributed by atoms with van der Waals surface area (Å²) >= 11 is 0. The average molecular weight is 499 g/mol. The van der Waals surface area contributed by atoms with Crippen molar-refractivity contribution in [1.82, 2.24) is 14.1 Å². The Hall–Kier alpha value is -5.35. The zero-order valence-electron chi connectivity index (χ0n) is 21.0. The minimum Gasteiger partial charge on any atom is -0.308 e. The molecule has 1 aliphatic rings. The van der Waals surface area contributed by atoms with Gasteiger partial charge in [-0.3, -0.25) is 4.98 Å². The molecule has 4 nitrogen and oxygen atoms in total. The number of anilines is 3. The van der Waals surface area contributed by atoms with E-state index < -0.39 is 0 Å². The van der Waals surface area contributed by atoms with Gasteiger partial charge in [0.2, 0.25) is 0 Å². The summed E-state index contributed by atoms with van der Waals surface area (Å²) in [5.41, 5.74) is 10.6. The second-order valence-corrected chi connectivity index (χ2v) is 10.1. The van der Waals surface area contributed by atoms with Crippen molar-refractivity contribution in [3.63, 3.8) is 0 Å². The summed E-state index contributed by atoms with van der Waals surface area (Å²) < 4.78 is 4.84. The highest BCUT2D eigenvalue weighted by Gasteiger charge is 2.29. The van der Waals surface area contributed by atoms with E-state index in [-0.39, 0.29) is 0 Å². The van der Waals surface area contributed by atoms with Crippen molar-refractivity contribution < 1.29 is 0 Å². The van der Waals surface area contributed by atoms with Crippen LogP contribution in [-0.2, 0) is 0 Å². The number of benzene rings is 5. The van der Waals surface area contributed by atoms with E-state index in [1.54, 1.807) is 0 Å². The van der Waals surface area contributed by atoms with Crippen LogP contribution in [0.3, 0.4) is 0 Å². The minimum atomic E-state index is 1.06. The molecule has 0 radical (unpaired) electrons. The van der Waals surface area contributed by atoms with Crippen molar-refractivity contribution in [2.75, 3.05) is 4.90 Å². The molecule has 4 heterocycles.